The van der Waals surface area contributed by atoms with Crippen molar-refractivity contribution in [2.45, 2.75) is 6.54 Å². The molecular weight excluding hydrogens is 260 g/mol. The lowest BCUT2D eigenvalue weighted by molar-refractivity contribution is 0.112. The van der Waals surface area contributed by atoms with Gasteiger partial charge in [-0.05, 0) is 42.0 Å². The van der Waals surface area contributed by atoms with Crippen LogP contribution in [-0.2, 0) is 6.54 Å². The smallest absolute Gasteiger partial charge is 0.150 e. The van der Waals surface area contributed by atoms with Crippen molar-refractivity contribution >= 4 is 17.2 Å². The maximum Gasteiger partial charge on any atom is 0.150 e. The SMILES string of the molecule is O=Cc1ccc2c(ccn2Cc2cc(F)cc(F)c2)c1. The molecule has 0 spiro atoms. The summed E-state index contributed by atoms with van der Waals surface area (Å²) < 4.78 is 28.2. The number of hydrogen-bond donors (Lipinski definition) is 0. The molecule has 0 saturated carbocycles. The number of aldehydes is 1. The van der Waals surface area contributed by atoms with E-state index in [2.05, 4.69) is 0 Å². The highest BCUT2D eigenvalue weighted by molar-refractivity contribution is 5.87. The molecule has 0 N–H and O–H groups in total. The van der Waals surface area contributed by atoms with Gasteiger partial charge in [0, 0.05) is 35.3 Å². The van der Waals surface area contributed by atoms with Crippen LogP contribution in [0.5, 0.6) is 0 Å². The Labute approximate surface area is 114 Å². The van der Waals surface area contributed by atoms with Gasteiger partial charge in [0.1, 0.15) is 17.9 Å². The molecule has 0 unspecified atom stereocenters. The van der Waals surface area contributed by atoms with Crippen molar-refractivity contribution < 1.29 is 13.6 Å². The van der Waals surface area contributed by atoms with Gasteiger partial charge >= 0.3 is 0 Å². The second-order valence-electron chi connectivity index (χ2n) is 4.66. The molecule has 100 valence electrons. The van der Waals surface area contributed by atoms with Gasteiger partial charge in [-0.1, -0.05) is 0 Å². The van der Waals surface area contributed by atoms with Crippen LogP contribution in [-0.4, -0.2) is 10.9 Å². The monoisotopic (exact) mass is 271 g/mol. The van der Waals surface area contributed by atoms with Gasteiger partial charge in [-0.3, -0.25) is 4.79 Å². The van der Waals surface area contributed by atoms with Gasteiger partial charge in [0.2, 0.25) is 0 Å². The fourth-order valence-corrected chi connectivity index (χ4v) is 2.33. The third-order valence-electron chi connectivity index (χ3n) is 3.21. The number of nitrogens with zero attached hydrogens (tertiary/aromatic N) is 1. The van der Waals surface area contributed by atoms with Crippen molar-refractivity contribution in [1.82, 2.24) is 4.57 Å². The molecule has 4 heteroatoms. The zero-order chi connectivity index (χ0) is 14.1. The van der Waals surface area contributed by atoms with E-state index in [-0.39, 0.29) is 0 Å². The molecule has 1 heterocycles. The Morgan fingerprint density at radius 2 is 1.75 bits per heavy atom. The molecule has 0 amide bonds. The Hall–Kier alpha value is -2.49. The fourth-order valence-electron chi connectivity index (χ4n) is 2.33. The first-order chi connectivity index (χ1) is 9.65. The predicted molar refractivity (Wildman–Crippen MR) is 72.8 cm³/mol. The molecule has 2 nitrogen and oxygen atoms in total. The normalized spacial score (nSPS) is 10.9. The van der Waals surface area contributed by atoms with Gasteiger partial charge in [-0.25, -0.2) is 8.78 Å². The molecule has 0 saturated heterocycles. The average Bonchev–Trinajstić information content (AvgIpc) is 2.80. The topological polar surface area (TPSA) is 22.0 Å². The van der Waals surface area contributed by atoms with E-state index in [4.69, 9.17) is 0 Å². The predicted octanol–water partition coefficient (Wildman–Crippen LogP) is 3.78. The summed E-state index contributed by atoms with van der Waals surface area (Å²) in [5, 5.41) is 0.923. The molecule has 0 aliphatic heterocycles. The quantitative estimate of drug-likeness (QED) is 0.664. The van der Waals surface area contributed by atoms with Crippen molar-refractivity contribution in [3.63, 3.8) is 0 Å². The molecule has 3 rings (SSSR count). The largest absolute Gasteiger partial charge is 0.343 e. The lowest BCUT2D eigenvalue weighted by atomic mass is 10.1. The molecule has 3 aromatic rings. The van der Waals surface area contributed by atoms with Crippen LogP contribution in [0.1, 0.15) is 15.9 Å². The number of halogens is 2. The summed E-state index contributed by atoms with van der Waals surface area (Å²) in [5.74, 6) is -1.17. The maximum absolute atomic E-state index is 13.2. The summed E-state index contributed by atoms with van der Waals surface area (Å²) in [6.45, 7) is 0.374. The standard InChI is InChI=1S/C16H11F2NO/c17-14-6-12(7-15(18)8-14)9-19-4-3-13-5-11(10-20)1-2-16(13)19/h1-8,10H,9H2. The number of carbonyl (C=O) groups excluding carboxylic acids is 1. The maximum atomic E-state index is 13.2. The Morgan fingerprint density at radius 3 is 2.45 bits per heavy atom. The van der Waals surface area contributed by atoms with E-state index < -0.39 is 11.6 Å². The fraction of sp³-hybridized carbons (Fsp3) is 0.0625. The highest BCUT2D eigenvalue weighted by Crippen LogP contribution is 2.19. The van der Waals surface area contributed by atoms with Crippen LogP contribution in [0.3, 0.4) is 0 Å². The highest BCUT2D eigenvalue weighted by Gasteiger charge is 2.05. The molecule has 0 aliphatic rings. The van der Waals surface area contributed by atoms with Crippen molar-refractivity contribution in [3.05, 3.63) is 71.4 Å². The van der Waals surface area contributed by atoms with Gasteiger partial charge in [0.25, 0.3) is 0 Å². The number of benzene rings is 2. The second kappa shape index (κ2) is 4.89. The summed E-state index contributed by atoms with van der Waals surface area (Å²) in [6, 6.07) is 10.7. The van der Waals surface area contributed by atoms with E-state index in [0.717, 1.165) is 23.3 Å². The summed E-state index contributed by atoms with van der Waals surface area (Å²) in [6.07, 6.45) is 2.63. The molecular formula is C16H11F2NO. The third kappa shape index (κ3) is 2.32. The zero-order valence-corrected chi connectivity index (χ0v) is 10.5. The minimum Gasteiger partial charge on any atom is -0.343 e. The minimum absolute atomic E-state index is 0.374. The Bertz CT molecular complexity index is 772. The number of hydrogen-bond acceptors (Lipinski definition) is 1. The molecule has 0 fully saturated rings. The first-order valence-electron chi connectivity index (χ1n) is 6.15. The Morgan fingerprint density at radius 1 is 1.00 bits per heavy atom. The van der Waals surface area contributed by atoms with Crippen LogP contribution >= 0.6 is 0 Å². The van der Waals surface area contributed by atoms with Gasteiger partial charge in [-0.15, -0.1) is 0 Å². The van der Waals surface area contributed by atoms with Crippen LogP contribution in [0.2, 0.25) is 0 Å². The van der Waals surface area contributed by atoms with Crippen LogP contribution in [0.15, 0.2) is 48.7 Å². The molecule has 0 atom stereocenters. The average molecular weight is 271 g/mol. The van der Waals surface area contributed by atoms with Gasteiger partial charge in [0.05, 0.1) is 0 Å². The third-order valence-corrected chi connectivity index (χ3v) is 3.21. The second-order valence-corrected chi connectivity index (χ2v) is 4.66. The van der Waals surface area contributed by atoms with Crippen molar-refractivity contribution in [2.24, 2.45) is 0 Å². The van der Waals surface area contributed by atoms with Crippen molar-refractivity contribution in [3.8, 4) is 0 Å². The Balaban J connectivity index is 2.00. The van der Waals surface area contributed by atoms with Gasteiger partial charge < -0.3 is 4.57 Å². The molecule has 0 bridgehead atoms. The summed E-state index contributed by atoms with van der Waals surface area (Å²) in [5.41, 5.74) is 2.08. The summed E-state index contributed by atoms with van der Waals surface area (Å²) in [4.78, 5) is 10.7. The van der Waals surface area contributed by atoms with Crippen molar-refractivity contribution in [2.75, 3.05) is 0 Å². The number of carbonyl (C=O) groups is 1. The molecule has 2 aromatic carbocycles. The van der Waals surface area contributed by atoms with Gasteiger partial charge in [0.15, 0.2) is 0 Å². The first-order valence-corrected chi connectivity index (χ1v) is 6.15. The summed E-state index contributed by atoms with van der Waals surface area (Å²) >= 11 is 0. The molecule has 1 aromatic heterocycles. The lowest BCUT2D eigenvalue weighted by Gasteiger charge is -2.06. The van der Waals surface area contributed by atoms with Crippen LogP contribution in [0, 0.1) is 11.6 Å². The van der Waals surface area contributed by atoms with E-state index in [9.17, 15) is 13.6 Å². The van der Waals surface area contributed by atoms with Crippen molar-refractivity contribution in [1.29, 1.82) is 0 Å². The number of aromatic nitrogens is 1. The molecule has 0 aliphatic carbocycles. The number of fused-ring (bicyclic) bond motifs is 1. The molecule has 20 heavy (non-hydrogen) atoms. The van der Waals surface area contributed by atoms with E-state index >= 15 is 0 Å². The first kappa shape index (κ1) is 12.5. The van der Waals surface area contributed by atoms with Crippen LogP contribution in [0.25, 0.3) is 10.9 Å². The van der Waals surface area contributed by atoms with E-state index in [1.165, 1.54) is 12.1 Å². The zero-order valence-electron chi connectivity index (χ0n) is 10.5. The molecule has 0 radical (unpaired) electrons. The van der Waals surface area contributed by atoms with Gasteiger partial charge in [-0.2, -0.15) is 0 Å². The summed E-state index contributed by atoms with van der Waals surface area (Å²) in [7, 11) is 0. The van der Waals surface area contributed by atoms with E-state index in [1.54, 1.807) is 12.1 Å². The number of rotatable bonds is 3. The van der Waals surface area contributed by atoms with Crippen LogP contribution < -0.4 is 0 Å². The van der Waals surface area contributed by atoms with E-state index in [0.29, 0.717) is 17.7 Å². The lowest BCUT2D eigenvalue weighted by Crippen LogP contribution is -1.99. The van der Waals surface area contributed by atoms with Crippen LogP contribution in [0.4, 0.5) is 8.78 Å². The van der Waals surface area contributed by atoms with E-state index in [1.807, 2.05) is 22.9 Å². The minimum atomic E-state index is -0.584. The Kier molecular flexibility index (Phi) is 3.06. The highest BCUT2D eigenvalue weighted by atomic mass is 19.1.